The summed E-state index contributed by atoms with van der Waals surface area (Å²) in [6, 6.07) is 7.02. The van der Waals surface area contributed by atoms with Gasteiger partial charge in [-0.15, -0.1) is 0 Å². The first-order valence-corrected chi connectivity index (χ1v) is 6.63. The minimum absolute atomic E-state index is 0.255. The van der Waals surface area contributed by atoms with Crippen LogP contribution in [0, 0.1) is 0 Å². The van der Waals surface area contributed by atoms with Gasteiger partial charge in [0.2, 0.25) is 0 Å². The number of rotatable bonds is 3. The molecule has 102 valence electrons. The SMILES string of the molecule is O=C(O)c1cccc(-c2cnc([C@@H]3CCCN3)cn2)c1. The molecule has 0 saturated carbocycles. The second kappa shape index (κ2) is 5.38. The van der Waals surface area contributed by atoms with Crippen LogP contribution in [0.4, 0.5) is 0 Å². The van der Waals surface area contributed by atoms with Gasteiger partial charge in [-0.05, 0) is 31.5 Å². The number of carboxylic acid groups (broad SMARTS) is 1. The number of aromatic nitrogens is 2. The minimum Gasteiger partial charge on any atom is -0.478 e. The van der Waals surface area contributed by atoms with Gasteiger partial charge in [-0.2, -0.15) is 0 Å². The Morgan fingerprint density at radius 1 is 1.30 bits per heavy atom. The summed E-state index contributed by atoms with van der Waals surface area (Å²) in [6.45, 7) is 1.02. The quantitative estimate of drug-likeness (QED) is 0.894. The van der Waals surface area contributed by atoms with E-state index in [0.29, 0.717) is 11.7 Å². The minimum atomic E-state index is -0.938. The summed E-state index contributed by atoms with van der Waals surface area (Å²) in [6.07, 6.45) is 5.72. The third-order valence-electron chi connectivity index (χ3n) is 3.49. The van der Waals surface area contributed by atoms with Crippen LogP contribution in [0.2, 0.25) is 0 Å². The summed E-state index contributed by atoms with van der Waals surface area (Å²) in [5, 5.41) is 12.4. The molecular weight excluding hydrogens is 254 g/mol. The number of nitrogens with zero attached hydrogens (tertiary/aromatic N) is 2. The van der Waals surface area contributed by atoms with Crippen molar-refractivity contribution in [3.8, 4) is 11.3 Å². The third-order valence-corrected chi connectivity index (χ3v) is 3.49. The van der Waals surface area contributed by atoms with E-state index in [1.54, 1.807) is 30.6 Å². The molecule has 3 rings (SSSR count). The molecule has 0 unspecified atom stereocenters. The van der Waals surface area contributed by atoms with Crippen molar-refractivity contribution < 1.29 is 9.90 Å². The molecule has 5 nitrogen and oxygen atoms in total. The highest BCUT2D eigenvalue weighted by atomic mass is 16.4. The Hall–Kier alpha value is -2.27. The summed E-state index contributed by atoms with van der Waals surface area (Å²) in [5.74, 6) is -0.938. The second-order valence-electron chi connectivity index (χ2n) is 4.86. The van der Waals surface area contributed by atoms with Crippen LogP contribution in [0.25, 0.3) is 11.3 Å². The van der Waals surface area contributed by atoms with Gasteiger partial charge in [-0.25, -0.2) is 4.79 Å². The highest BCUT2D eigenvalue weighted by molar-refractivity contribution is 5.89. The van der Waals surface area contributed by atoms with E-state index in [4.69, 9.17) is 5.11 Å². The zero-order valence-electron chi connectivity index (χ0n) is 10.9. The Morgan fingerprint density at radius 3 is 2.85 bits per heavy atom. The molecule has 1 fully saturated rings. The van der Waals surface area contributed by atoms with Gasteiger partial charge < -0.3 is 10.4 Å². The Kier molecular flexibility index (Phi) is 3.43. The zero-order chi connectivity index (χ0) is 13.9. The van der Waals surface area contributed by atoms with Crippen molar-refractivity contribution in [1.29, 1.82) is 0 Å². The lowest BCUT2D eigenvalue weighted by Crippen LogP contribution is -2.14. The summed E-state index contributed by atoms with van der Waals surface area (Å²) in [7, 11) is 0. The van der Waals surface area contributed by atoms with E-state index in [-0.39, 0.29) is 5.56 Å². The van der Waals surface area contributed by atoms with Crippen molar-refractivity contribution in [1.82, 2.24) is 15.3 Å². The Morgan fingerprint density at radius 2 is 2.20 bits per heavy atom. The molecule has 2 N–H and O–H groups in total. The summed E-state index contributed by atoms with van der Waals surface area (Å²) in [5.41, 5.74) is 2.66. The number of hydrogen-bond donors (Lipinski definition) is 2. The van der Waals surface area contributed by atoms with Gasteiger partial charge in [0, 0.05) is 5.56 Å². The summed E-state index contributed by atoms with van der Waals surface area (Å²) in [4.78, 5) is 19.8. The van der Waals surface area contributed by atoms with Crippen LogP contribution in [-0.2, 0) is 0 Å². The molecule has 0 radical (unpaired) electrons. The van der Waals surface area contributed by atoms with Crippen LogP contribution in [-0.4, -0.2) is 27.6 Å². The fraction of sp³-hybridized carbons (Fsp3) is 0.267. The summed E-state index contributed by atoms with van der Waals surface area (Å²) < 4.78 is 0. The molecule has 1 aromatic heterocycles. The smallest absolute Gasteiger partial charge is 0.335 e. The molecule has 20 heavy (non-hydrogen) atoms. The zero-order valence-corrected chi connectivity index (χ0v) is 10.9. The van der Waals surface area contributed by atoms with Crippen LogP contribution in [0.15, 0.2) is 36.7 Å². The number of carboxylic acids is 1. The van der Waals surface area contributed by atoms with Crippen LogP contribution < -0.4 is 5.32 Å². The lowest BCUT2D eigenvalue weighted by Gasteiger charge is -2.09. The van der Waals surface area contributed by atoms with E-state index >= 15 is 0 Å². The van der Waals surface area contributed by atoms with Gasteiger partial charge >= 0.3 is 5.97 Å². The number of nitrogens with one attached hydrogen (secondary N) is 1. The molecular formula is C15H15N3O2. The second-order valence-corrected chi connectivity index (χ2v) is 4.86. The highest BCUT2D eigenvalue weighted by Gasteiger charge is 2.17. The molecule has 2 heterocycles. The van der Waals surface area contributed by atoms with E-state index in [2.05, 4.69) is 15.3 Å². The Labute approximate surface area is 116 Å². The van der Waals surface area contributed by atoms with E-state index < -0.39 is 5.97 Å². The van der Waals surface area contributed by atoms with Gasteiger partial charge in [0.05, 0.1) is 35.4 Å². The maximum atomic E-state index is 11.0. The molecule has 1 atom stereocenters. The van der Waals surface area contributed by atoms with Crippen molar-refractivity contribution >= 4 is 5.97 Å². The number of aromatic carboxylic acids is 1. The molecule has 2 aromatic rings. The third kappa shape index (κ3) is 2.53. The van der Waals surface area contributed by atoms with E-state index in [9.17, 15) is 4.79 Å². The highest BCUT2D eigenvalue weighted by Crippen LogP contribution is 2.23. The molecule has 0 spiro atoms. The lowest BCUT2D eigenvalue weighted by molar-refractivity contribution is 0.0697. The van der Waals surface area contributed by atoms with Crippen molar-refractivity contribution in [2.75, 3.05) is 6.54 Å². The first kappa shape index (κ1) is 12.7. The normalized spacial score (nSPS) is 18.1. The monoisotopic (exact) mass is 269 g/mol. The fourth-order valence-corrected chi connectivity index (χ4v) is 2.42. The average Bonchev–Trinajstić information content (AvgIpc) is 3.02. The Bertz CT molecular complexity index is 619. The molecule has 1 aromatic carbocycles. The number of hydrogen-bond acceptors (Lipinski definition) is 4. The first-order chi connectivity index (χ1) is 9.74. The molecule has 0 bridgehead atoms. The molecule has 1 aliphatic rings. The molecule has 1 aliphatic heterocycles. The predicted molar refractivity (Wildman–Crippen MR) is 74.4 cm³/mol. The van der Waals surface area contributed by atoms with Crippen LogP contribution in [0.1, 0.15) is 34.9 Å². The van der Waals surface area contributed by atoms with Gasteiger partial charge in [-0.1, -0.05) is 12.1 Å². The van der Waals surface area contributed by atoms with Crippen molar-refractivity contribution in [3.63, 3.8) is 0 Å². The van der Waals surface area contributed by atoms with E-state index in [0.717, 1.165) is 30.6 Å². The van der Waals surface area contributed by atoms with Gasteiger partial charge in [0.15, 0.2) is 0 Å². The first-order valence-electron chi connectivity index (χ1n) is 6.63. The van der Waals surface area contributed by atoms with Crippen molar-refractivity contribution in [2.45, 2.75) is 18.9 Å². The van der Waals surface area contributed by atoms with Crippen molar-refractivity contribution in [2.24, 2.45) is 0 Å². The molecule has 5 heteroatoms. The Balaban J connectivity index is 1.87. The van der Waals surface area contributed by atoms with Gasteiger partial charge in [0.1, 0.15) is 0 Å². The van der Waals surface area contributed by atoms with Crippen LogP contribution in [0.3, 0.4) is 0 Å². The van der Waals surface area contributed by atoms with Crippen LogP contribution in [0.5, 0.6) is 0 Å². The largest absolute Gasteiger partial charge is 0.478 e. The lowest BCUT2D eigenvalue weighted by atomic mass is 10.1. The maximum absolute atomic E-state index is 11.0. The molecule has 0 amide bonds. The van der Waals surface area contributed by atoms with Crippen LogP contribution >= 0.6 is 0 Å². The van der Waals surface area contributed by atoms with E-state index in [1.165, 1.54) is 0 Å². The van der Waals surface area contributed by atoms with Gasteiger partial charge in [-0.3, -0.25) is 9.97 Å². The van der Waals surface area contributed by atoms with Crippen molar-refractivity contribution in [3.05, 3.63) is 47.9 Å². The standard InChI is InChI=1S/C15H15N3O2/c19-15(20)11-4-1-3-10(7-11)13-8-18-14(9-17-13)12-5-2-6-16-12/h1,3-4,7-9,12,16H,2,5-6H2,(H,19,20)/t12-/m0/s1. The predicted octanol–water partition coefficient (Wildman–Crippen LogP) is 2.27. The topological polar surface area (TPSA) is 75.1 Å². The molecule has 0 aliphatic carbocycles. The van der Waals surface area contributed by atoms with Gasteiger partial charge in [0.25, 0.3) is 0 Å². The fourth-order valence-electron chi connectivity index (χ4n) is 2.42. The molecule has 1 saturated heterocycles. The maximum Gasteiger partial charge on any atom is 0.335 e. The number of benzene rings is 1. The number of carbonyl (C=O) groups is 1. The van der Waals surface area contributed by atoms with E-state index in [1.807, 2.05) is 6.07 Å². The summed E-state index contributed by atoms with van der Waals surface area (Å²) >= 11 is 0. The average molecular weight is 269 g/mol.